The van der Waals surface area contributed by atoms with Crippen molar-refractivity contribution in [3.63, 3.8) is 0 Å². The van der Waals surface area contributed by atoms with E-state index in [1.165, 1.54) is 19.3 Å². The first kappa shape index (κ1) is 10.4. The van der Waals surface area contributed by atoms with Crippen LogP contribution in [0.3, 0.4) is 0 Å². The van der Waals surface area contributed by atoms with Gasteiger partial charge in [-0.15, -0.1) is 0 Å². The van der Waals surface area contributed by atoms with Gasteiger partial charge in [0, 0.05) is 6.04 Å². The minimum absolute atomic E-state index is 0.375. The molecule has 0 saturated heterocycles. The Morgan fingerprint density at radius 1 is 1.46 bits per heavy atom. The first-order valence-electron chi connectivity index (χ1n) is 5.19. The van der Waals surface area contributed by atoms with E-state index in [0.29, 0.717) is 24.0 Å². The van der Waals surface area contributed by atoms with Crippen LogP contribution in [0.2, 0.25) is 0 Å². The molecule has 0 heterocycles. The van der Waals surface area contributed by atoms with Crippen LogP contribution in [0.5, 0.6) is 0 Å². The molecule has 0 aromatic heterocycles. The quantitative estimate of drug-likeness (QED) is 0.503. The lowest BCUT2D eigenvalue weighted by molar-refractivity contribution is 0.525. The van der Waals surface area contributed by atoms with E-state index in [-0.39, 0.29) is 0 Å². The first-order valence-corrected chi connectivity index (χ1v) is 5.19. The monoisotopic (exact) mass is 183 g/mol. The SMILES string of the molecule is CC(C)NC(N)=NC1CCCC1C. The molecule has 1 aliphatic carbocycles. The number of nitrogens with two attached hydrogens (primary N) is 1. The van der Waals surface area contributed by atoms with Gasteiger partial charge in [-0.05, 0) is 32.6 Å². The van der Waals surface area contributed by atoms with E-state index in [4.69, 9.17) is 5.73 Å². The lowest BCUT2D eigenvalue weighted by atomic mass is 10.1. The van der Waals surface area contributed by atoms with Crippen molar-refractivity contribution in [2.75, 3.05) is 0 Å². The van der Waals surface area contributed by atoms with Gasteiger partial charge in [0.25, 0.3) is 0 Å². The van der Waals surface area contributed by atoms with Gasteiger partial charge >= 0.3 is 0 Å². The van der Waals surface area contributed by atoms with Crippen LogP contribution in [0, 0.1) is 5.92 Å². The Hall–Kier alpha value is -0.730. The van der Waals surface area contributed by atoms with Gasteiger partial charge in [-0.1, -0.05) is 13.3 Å². The van der Waals surface area contributed by atoms with E-state index >= 15 is 0 Å². The van der Waals surface area contributed by atoms with Crippen LogP contribution in [0.15, 0.2) is 4.99 Å². The zero-order valence-electron chi connectivity index (χ0n) is 8.88. The summed E-state index contributed by atoms with van der Waals surface area (Å²) in [6.07, 6.45) is 3.79. The molecule has 3 nitrogen and oxygen atoms in total. The van der Waals surface area contributed by atoms with E-state index in [1.54, 1.807) is 0 Å². The largest absolute Gasteiger partial charge is 0.370 e. The summed E-state index contributed by atoms with van der Waals surface area (Å²) < 4.78 is 0. The summed E-state index contributed by atoms with van der Waals surface area (Å²) in [7, 11) is 0. The van der Waals surface area contributed by atoms with E-state index in [9.17, 15) is 0 Å². The van der Waals surface area contributed by atoms with Crippen LogP contribution in [0.4, 0.5) is 0 Å². The number of rotatable bonds is 2. The molecule has 0 aromatic carbocycles. The Bertz CT molecular complexity index is 187. The third-order valence-corrected chi connectivity index (χ3v) is 2.56. The van der Waals surface area contributed by atoms with Crippen LogP contribution >= 0.6 is 0 Å². The van der Waals surface area contributed by atoms with E-state index < -0.39 is 0 Å². The van der Waals surface area contributed by atoms with Crippen LogP contribution in [0.25, 0.3) is 0 Å². The fourth-order valence-electron chi connectivity index (χ4n) is 1.83. The third kappa shape index (κ3) is 3.25. The second-order valence-electron chi connectivity index (χ2n) is 4.29. The molecule has 0 radical (unpaired) electrons. The summed E-state index contributed by atoms with van der Waals surface area (Å²) in [4.78, 5) is 4.48. The molecular formula is C10H21N3. The minimum atomic E-state index is 0.375. The summed E-state index contributed by atoms with van der Waals surface area (Å²) >= 11 is 0. The average Bonchev–Trinajstić information content (AvgIpc) is 2.34. The first-order chi connectivity index (χ1) is 6.09. The molecule has 2 atom stereocenters. The number of nitrogens with one attached hydrogen (secondary N) is 1. The Balaban J connectivity index is 2.44. The molecule has 3 heteroatoms. The van der Waals surface area contributed by atoms with Gasteiger partial charge in [-0.3, -0.25) is 0 Å². The molecular weight excluding hydrogens is 162 g/mol. The number of hydrogen-bond acceptors (Lipinski definition) is 1. The summed E-state index contributed by atoms with van der Waals surface area (Å²) in [5.74, 6) is 1.31. The molecule has 1 fully saturated rings. The Labute approximate surface area is 80.8 Å². The lowest BCUT2D eigenvalue weighted by Crippen LogP contribution is -2.38. The second kappa shape index (κ2) is 4.49. The maximum absolute atomic E-state index is 5.76. The highest BCUT2D eigenvalue weighted by Gasteiger charge is 2.22. The highest BCUT2D eigenvalue weighted by Crippen LogP contribution is 2.27. The average molecular weight is 183 g/mol. The van der Waals surface area contributed by atoms with Crippen LogP contribution in [-0.4, -0.2) is 18.0 Å². The molecule has 0 bridgehead atoms. The van der Waals surface area contributed by atoms with Crippen molar-refractivity contribution >= 4 is 5.96 Å². The van der Waals surface area contributed by atoms with Crippen molar-refractivity contribution in [2.24, 2.45) is 16.6 Å². The van der Waals surface area contributed by atoms with Crippen molar-refractivity contribution in [3.8, 4) is 0 Å². The molecule has 13 heavy (non-hydrogen) atoms. The van der Waals surface area contributed by atoms with Crippen molar-refractivity contribution in [2.45, 2.75) is 52.1 Å². The van der Waals surface area contributed by atoms with Crippen LogP contribution < -0.4 is 11.1 Å². The molecule has 0 aromatic rings. The molecule has 1 rings (SSSR count). The van der Waals surface area contributed by atoms with Gasteiger partial charge in [0.15, 0.2) is 5.96 Å². The van der Waals surface area contributed by atoms with Crippen molar-refractivity contribution in [3.05, 3.63) is 0 Å². The molecule has 1 aliphatic rings. The molecule has 0 amide bonds. The van der Waals surface area contributed by atoms with Gasteiger partial charge in [0.2, 0.25) is 0 Å². The zero-order chi connectivity index (χ0) is 9.84. The number of aliphatic imine (C=N–C) groups is 1. The number of nitrogens with zero attached hydrogens (tertiary/aromatic N) is 1. The molecule has 1 saturated carbocycles. The molecule has 3 N–H and O–H groups in total. The highest BCUT2D eigenvalue weighted by molar-refractivity contribution is 5.78. The molecule has 0 spiro atoms. The van der Waals surface area contributed by atoms with Crippen molar-refractivity contribution in [1.82, 2.24) is 5.32 Å². The maximum Gasteiger partial charge on any atom is 0.189 e. The van der Waals surface area contributed by atoms with Crippen LogP contribution in [0.1, 0.15) is 40.0 Å². The smallest absolute Gasteiger partial charge is 0.189 e. The number of hydrogen-bond donors (Lipinski definition) is 2. The van der Waals surface area contributed by atoms with Crippen molar-refractivity contribution < 1.29 is 0 Å². The summed E-state index contributed by atoms with van der Waals surface area (Å²) in [6, 6.07) is 0.826. The fraction of sp³-hybridized carbons (Fsp3) is 0.900. The molecule has 2 unspecified atom stereocenters. The Morgan fingerprint density at radius 3 is 2.62 bits per heavy atom. The third-order valence-electron chi connectivity index (χ3n) is 2.56. The standard InChI is InChI=1S/C10H21N3/c1-7(2)12-10(11)13-9-6-4-5-8(9)3/h7-9H,4-6H2,1-3H3,(H3,11,12,13). The van der Waals surface area contributed by atoms with Crippen molar-refractivity contribution in [1.29, 1.82) is 0 Å². The van der Waals surface area contributed by atoms with E-state index in [1.807, 2.05) is 0 Å². The maximum atomic E-state index is 5.76. The summed E-state index contributed by atoms with van der Waals surface area (Å²) in [5.41, 5.74) is 5.76. The normalized spacial score (nSPS) is 29.7. The predicted molar refractivity (Wildman–Crippen MR) is 56.7 cm³/mol. The van der Waals surface area contributed by atoms with Crippen LogP contribution in [-0.2, 0) is 0 Å². The minimum Gasteiger partial charge on any atom is -0.370 e. The molecule has 0 aliphatic heterocycles. The fourth-order valence-corrected chi connectivity index (χ4v) is 1.83. The van der Waals surface area contributed by atoms with Gasteiger partial charge in [-0.25, -0.2) is 4.99 Å². The van der Waals surface area contributed by atoms with Gasteiger partial charge in [-0.2, -0.15) is 0 Å². The Morgan fingerprint density at radius 2 is 2.15 bits per heavy atom. The van der Waals surface area contributed by atoms with Gasteiger partial charge < -0.3 is 11.1 Å². The predicted octanol–water partition coefficient (Wildman–Crippen LogP) is 1.49. The topological polar surface area (TPSA) is 50.4 Å². The van der Waals surface area contributed by atoms with Gasteiger partial charge in [0.1, 0.15) is 0 Å². The Kier molecular flexibility index (Phi) is 3.58. The lowest BCUT2D eigenvalue weighted by Gasteiger charge is -2.14. The molecule has 76 valence electrons. The second-order valence-corrected chi connectivity index (χ2v) is 4.29. The summed E-state index contributed by atoms with van der Waals surface area (Å²) in [5, 5.41) is 3.12. The number of guanidine groups is 1. The summed E-state index contributed by atoms with van der Waals surface area (Å²) in [6.45, 7) is 6.39. The van der Waals surface area contributed by atoms with E-state index in [0.717, 1.165) is 0 Å². The van der Waals surface area contributed by atoms with E-state index in [2.05, 4.69) is 31.1 Å². The zero-order valence-corrected chi connectivity index (χ0v) is 8.88. The van der Waals surface area contributed by atoms with Gasteiger partial charge in [0.05, 0.1) is 6.04 Å². The highest BCUT2D eigenvalue weighted by atomic mass is 15.1.